The number of carboxylic acids is 1. The first-order valence-electron chi connectivity index (χ1n) is 7.92. The van der Waals surface area contributed by atoms with Gasteiger partial charge in [-0.2, -0.15) is 0 Å². The van der Waals surface area contributed by atoms with Gasteiger partial charge < -0.3 is 10.4 Å². The van der Waals surface area contributed by atoms with Gasteiger partial charge in [0.1, 0.15) is 0 Å². The molecule has 0 heterocycles. The normalized spacial score (nSPS) is 10.4. The first-order chi connectivity index (χ1) is 11.5. The van der Waals surface area contributed by atoms with Gasteiger partial charge in [-0.25, -0.2) is 4.79 Å². The minimum absolute atomic E-state index is 0.0513. The maximum atomic E-state index is 11.9. The maximum absolute atomic E-state index is 11.9. The molecule has 1 amide bonds. The van der Waals surface area contributed by atoms with Crippen molar-refractivity contribution in [2.45, 2.75) is 32.1 Å². The Morgan fingerprint density at radius 3 is 2.21 bits per heavy atom. The SMILES string of the molecule is O=C(CCCCCc1ccc(Cl)cc1)Nc1ccc(C(=O)O)cc1. The van der Waals surface area contributed by atoms with Crippen LogP contribution in [0, 0.1) is 0 Å². The van der Waals surface area contributed by atoms with Crippen molar-refractivity contribution in [1.29, 1.82) is 0 Å². The molecule has 0 spiro atoms. The van der Waals surface area contributed by atoms with E-state index < -0.39 is 5.97 Å². The summed E-state index contributed by atoms with van der Waals surface area (Å²) >= 11 is 5.85. The average molecular weight is 346 g/mol. The van der Waals surface area contributed by atoms with E-state index in [1.807, 2.05) is 24.3 Å². The number of carbonyl (C=O) groups is 2. The van der Waals surface area contributed by atoms with Crippen LogP contribution in [-0.4, -0.2) is 17.0 Å². The topological polar surface area (TPSA) is 66.4 Å². The molecule has 2 aromatic carbocycles. The molecule has 4 nitrogen and oxygen atoms in total. The first kappa shape index (κ1) is 18.0. The van der Waals surface area contributed by atoms with Gasteiger partial charge in [-0.15, -0.1) is 0 Å². The highest BCUT2D eigenvalue weighted by molar-refractivity contribution is 6.30. The summed E-state index contributed by atoms with van der Waals surface area (Å²) in [6, 6.07) is 14.0. The summed E-state index contributed by atoms with van der Waals surface area (Å²) in [6.07, 6.45) is 4.28. The second kappa shape index (κ2) is 9.08. The van der Waals surface area contributed by atoms with E-state index in [2.05, 4.69) is 5.32 Å². The van der Waals surface area contributed by atoms with Crippen LogP contribution >= 0.6 is 11.6 Å². The van der Waals surface area contributed by atoms with E-state index in [4.69, 9.17) is 16.7 Å². The zero-order valence-corrected chi connectivity index (χ0v) is 14.1. The van der Waals surface area contributed by atoms with Gasteiger partial charge in [-0.05, 0) is 61.2 Å². The molecule has 0 aromatic heterocycles. The fraction of sp³-hybridized carbons (Fsp3) is 0.263. The van der Waals surface area contributed by atoms with Crippen molar-refractivity contribution in [3.63, 3.8) is 0 Å². The summed E-state index contributed by atoms with van der Waals surface area (Å²) in [5.41, 5.74) is 2.07. The third-order valence-corrected chi connectivity index (χ3v) is 3.95. The maximum Gasteiger partial charge on any atom is 0.335 e. The summed E-state index contributed by atoms with van der Waals surface area (Å²) < 4.78 is 0. The Morgan fingerprint density at radius 1 is 0.917 bits per heavy atom. The number of amides is 1. The van der Waals surface area contributed by atoms with Gasteiger partial charge in [0.2, 0.25) is 5.91 Å². The standard InChI is InChI=1S/C19H20ClNO3/c20-16-10-6-14(7-11-16)4-2-1-3-5-18(22)21-17-12-8-15(9-13-17)19(23)24/h6-13H,1-5H2,(H,21,22)(H,23,24). The van der Waals surface area contributed by atoms with Gasteiger partial charge in [0, 0.05) is 17.1 Å². The van der Waals surface area contributed by atoms with Crippen molar-refractivity contribution in [1.82, 2.24) is 0 Å². The van der Waals surface area contributed by atoms with Crippen LogP contribution in [0.1, 0.15) is 41.6 Å². The molecule has 0 saturated heterocycles. The van der Waals surface area contributed by atoms with Gasteiger partial charge in [0.25, 0.3) is 0 Å². The summed E-state index contributed by atoms with van der Waals surface area (Å²) in [6.45, 7) is 0. The van der Waals surface area contributed by atoms with Crippen LogP contribution in [0.2, 0.25) is 5.02 Å². The van der Waals surface area contributed by atoms with Gasteiger partial charge in [-0.1, -0.05) is 30.2 Å². The summed E-state index contributed by atoms with van der Waals surface area (Å²) in [5, 5.41) is 12.3. The third-order valence-electron chi connectivity index (χ3n) is 3.70. The van der Waals surface area contributed by atoms with Crippen LogP contribution < -0.4 is 5.32 Å². The van der Waals surface area contributed by atoms with E-state index in [-0.39, 0.29) is 11.5 Å². The Kier molecular flexibility index (Phi) is 6.82. The van der Waals surface area contributed by atoms with E-state index in [0.29, 0.717) is 12.1 Å². The Bertz CT molecular complexity index is 681. The fourth-order valence-corrected chi connectivity index (χ4v) is 2.49. The van der Waals surface area contributed by atoms with Crippen LogP contribution in [0.4, 0.5) is 5.69 Å². The molecule has 2 rings (SSSR count). The lowest BCUT2D eigenvalue weighted by Crippen LogP contribution is -2.11. The average Bonchev–Trinajstić information content (AvgIpc) is 2.56. The highest BCUT2D eigenvalue weighted by Crippen LogP contribution is 2.14. The molecule has 0 aliphatic rings. The van der Waals surface area contributed by atoms with Gasteiger partial charge in [0.15, 0.2) is 0 Å². The van der Waals surface area contributed by atoms with E-state index >= 15 is 0 Å². The van der Waals surface area contributed by atoms with Crippen molar-refractivity contribution >= 4 is 29.2 Å². The molecule has 2 aromatic rings. The zero-order valence-electron chi connectivity index (χ0n) is 13.3. The molecule has 0 aliphatic heterocycles. The Morgan fingerprint density at radius 2 is 1.58 bits per heavy atom. The van der Waals surface area contributed by atoms with E-state index in [0.717, 1.165) is 30.7 Å². The quantitative estimate of drug-likeness (QED) is 0.676. The lowest BCUT2D eigenvalue weighted by Gasteiger charge is -2.06. The molecule has 0 saturated carbocycles. The van der Waals surface area contributed by atoms with Crippen molar-refractivity contribution in [2.75, 3.05) is 5.32 Å². The molecule has 0 radical (unpaired) electrons. The van der Waals surface area contributed by atoms with Crippen LogP contribution in [0.15, 0.2) is 48.5 Å². The Balaban J connectivity index is 1.64. The number of unbranched alkanes of at least 4 members (excludes halogenated alkanes) is 2. The van der Waals surface area contributed by atoms with Crippen molar-refractivity contribution in [3.05, 3.63) is 64.7 Å². The number of aromatic carboxylic acids is 1. The van der Waals surface area contributed by atoms with Crippen molar-refractivity contribution < 1.29 is 14.7 Å². The molecular formula is C19H20ClNO3. The minimum Gasteiger partial charge on any atom is -0.478 e. The predicted octanol–water partition coefficient (Wildman–Crippen LogP) is 4.78. The number of nitrogens with one attached hydrogen (secondary N) is 1. The lowest BCUT2D eigenvalue weighted by molar-refractivity contribution is -0.116. The molecule has 24 heavy (non-hydrogen) atoms. The Labute approximate surface area is 146 Å². The molecule has 2 N–H and O–H groups in total. The highest BCUT2D eigenvalue weighted by Gasteiger charge is 2.05. The van der Waals surface area contributed by atoms with Gasteiger partial charge in [0.05, 0.1) is 5.56 Å². The molecule has 0 fully saturated rings. The lowest BCUT2D eigenvalue weighted by atomic mass is 10.1. The number of benzene rings is 2. The van der Waals surface area contributed by atoms with E-state index in [1.165, 1.54) is 17.7 Å². The largest absolute Gasteiger partial charge is 0.478 e. The smallest absolute Gasteiger partial charge is 0.335 e. The number of halogens is 1. The van der Waals surface area contributed by atoms with Crippen LogP contribution in [-0.2, 0) is 11.2 Å². The number of carbonyl (C=O) groups excluding carboxylic acids is 1. The molecule has 0 aliphatic carbocycles. The first-order valence-corrected chi connectivity index (χ1v) is 8.30. The van der Waals surface area contributed by atoms with Crippen molar-refractivity contribution in [2.24, 2.45) is 0 Å². The zero-order chi connectivity index (χ0) is 17.4. The monoisotopic (exact) mass is 345 g/mol. The van der Waals surface area contributed by atoms with Crippen LogP contribution in [0.25, 0.3) is 0 Å². The highest BCUT2D eigenvalue weighted by atomic mass is 35.5. The molecular weight excluding hydrogens is 326 g/mol. The fourth-order valence-electron chi connectivity index (χ4n) is 2.36. The second-order valence-electron chi connectivity index (χ2n) is 5.62. The molecule has 5 heteroatoms. The summed E-state index contributed by atoms with van der Waals surface area (Å²) in [7, 11) is 0. The molecule has 0 bridgehead atoms. The third kappa shape index (κ3) is 6.05. The predicted molar refractivity (Wildman–Crippen MR) is 95.7 cm³/mol. The van der Waals surface area contributed by atoms with Crippen LogP contribution in [0.3, 0.4) is 0 Å². The van der Waals surface area contributed by atoms with Crippen molar-refractivity contribution in [3.8, 4) is 0 Å². The van der Waals surface area contributed by atoms with E-state index in [9.17, 15) is 9.59 Å². The number of hydrogen-bond donors (Lipinski definition) is 2. The van der Waals surface area contributed by atoms with Gasteiger partial charge >= 0.3 is 5.97 Å². The second-order valence-corrected chi connectivity index (χ2v) is 6.05. The Hall–Kier alpha value is -2.33. The minimum atomic E-state index is -0.978. The number of hydrogen-bond acceptors (Lipinski definition) is 2. The van der Waals surface area contributed by atoms with Gasteiger partial charge in [-0.3, -0.25) is 4.79 Å². The number of carboxylic acid groups (broad SMARTS) is 1. The summed E-state index contributed by atoms with van der Waals surface area (Å²) in [5.74, 6) is -1.03. The van der Waals surface area contributed by atoms with Crippen LogP contribution in [0.5, 0.6) is 0 Å². The number of rotatable bonds is 8. The molecule has 0 atom stereocenters. The molecule has 126 valence electrons. The number of aryl methyl sites for hydroxylation is 1. The number of anilines is 1. The van der Waals surface area contributed by atoms with E-state index in [1.54, 1.807) is 12.1 Å². The summed E-state index contributed by atoms with van der Waals surface area (Å²) in [4.78, 5) is 22.6. The molecule has 0 unspecified atom stereocenters.